The van der Waals surface area contributed by atoms with Gasteiger partial charge < -0.3 is 19.4 Å². The molecule has 0 saturated heterocycles. The molecule has 1 amide bonds. The highest BCUT2D eigenvalue weighted by Crippen LogP contribution is 2.26. The lowest BCUT2D eigenvalue weighted by Gasteiger charge is -2.23. The van der Waals surface area contributed by atoms with Crippen LogP contribution < -0.4 is 10.2 Å². The summed E-state index contributed by atoms with van der Waals surface area (Å²) in [5.41, 5.74) is 0.316. The van der Waals surface area contributed by atoms with Crippen molar-refractivity contribution in [3.8, 4) is 0 Å². The van der Waals surface area contributed by atoms with Gasteiger partial charge in [0.15, 0.2) is 0 Å². The number of rotatable bonds is 6. The van der Waals surface area contributed by atoms with E-state index in [0.29, 0.717) is 17.9 Å². The molecule has 126 valence electrons. The third-order valence-electron chi connectivity index (χ3n) is 3.79. The highest BCUT2D eigenvalue weighted by Gasteiger charge is 2.28. The smallest absolute Gasteiger partial charge is 0.307 e. The van der Waals surface area contributed by atoms with Crippen LogP contribution in [0.25, 0.3) is 0 Å². The van der Waals surface area contributed by atoms with Crippen molar-refractivity contribution in [2.45, 2.75) is 46.3 Å². The maximum absolute atomic E-state index is 12.0. The van der Waals surface area contributed by atoms with Gasteiger partial charge in [-0.2, -0.15) is 0 Å². The summed E-state index contributed by atoms with van der Waals surface area (Å²) in [6, 6.07) is 1.77. The fourth-order valence-electron chi connectivity index (χ4n) is 2.51. The number of aromatic nitrogens is 1. The third-order valence-corrected chi connectivity index (χ3v) is 4.67. The molecule has 2 aromatic heterocycles. The Morgan fingerprint density at radius 2 is 2.13 bits per heavy atom. The van der Waals surface area contributed by atoms with Crippen molar-refractivity contribution in [1.82, 2.24) is 9.88 Å². The van der Waals surface area contributed by atoms with Crippen molar-refractivity contribution in [2.75, 3.05) is 6.54 Å². The quantitative estimate of drug-likeness (QED) is 0.842. The molecule has 0 saturated carbocycles. The molecule has 0 spiro atoms. The largest absolute Gasteiger partial charge is 0.466 e. The molecule has 0 bridgehead atoms. The van der Waals surface area contributed by atoms with Crippen LogP contribution in [0.15, 0.2) is 20.7 Å². The summed E-state index contributed by atoms with van der Waals surface area (Å²) < 4.78 is 7.00. The molecular formula is C16H22N2O4S. The van der Waals surface area contributed by atoms with Crippen LogP contribution in [0.4, 0.5) is 0 Å². The lowest BCUT2D eigenvalue weighted by molar-refractivity contribution is -0.122. The van der Waals surface area contributed by atoms with Crippen LogP contribution in [0.5, 0.6) is 0 Å². The summed E-state index contributed by atoms with van der Waals surface area (Å²) in [6.07, 6.45) is 0.191. The Labute approximate surface area is 138 Å². The maximum Gasteiger partial charge on any atom is 0.307 e. The Balaban J connectivity index is 1.91. The zero-order valence-corrected chi connectivity index (χ0v) is 14.6. The van der Waals surface area contributed by atoms with Gasteiger partial charge in [0.2, 0.25) is 5.91 Å². The van der Waals surface area contributed by atoms with Gasteiger partial charge in [-0.15, -0.1) is 0 Å². The van der Waals surface area contributed by atoms with E-state index in [2.05, 4.69) is 5.32 Å². The van der Waals surface area contributed by atoms with Crippen LogP contribution >= 0.6 is 11.3 Å². The fourth-order valence-corrected chi connectivity index (χ4v) is 3.27. The highest BCUT2D eigenvalue weighted by atomic mass is 32.1. The molecule has 0 radical (unpaired) electrons. The van der Waals surface area contributed by atoms with E-state index in [1.54, 1.807) is 29.9 Å². The van der Waals surface area contributed by atoms with E-state index >= 15 is 0 Å². The summed E-state index contributed by atoms with van der Waals surface area (Å²) >= 11 is 1.13. The number of nitrogens with one attached hydrogen (secondary N) is 1. The summed E-state index contributed by atoms with van der Waals surface area (Å²) in [6.45, 7) is 7.49. The Kier molecular flexibility index (Phi) is 5.11. The van der Waals surface area contributed by atoms with Gasteiger partial charge in [-0.05, 0) is 33.8 Å². The molecule has 23 heavy (non-hydrogen) atoms. The minimum atomic E-state index is -1.20. The molecule has 0 aliphatic heterocycles. The Hall–Kier alpha value is -1.86. The maximum atomic E-state index is 12.0. The van der Waals surface area contributed by atoms with E-state index in [9.17, 15) is 14.7 Å². The topological polar surface area (TPSA) is 84.5 Å². The molecule has 6 nitrogen and oxygen atoms in total. The summed E-state index contributed by atoms with van der Waals surface area (Å²) in [7, 11) is 0. The fraction of sp³-hybridized carbons (Fsp3) is 0.500. The SMILES string of the molecule is Cc1cc(C(C)(O)CNC(=O)CCn2c(C)csc2=O)c(C)o1. The van der Waals surface area contributed by atoms with Crippen LogP contribution in [0, 0.1) is 20.8 Å². The first-order chi connectivity index (χ1) is 10.7. The number of nitrogens with zero attached hydrogens (tertiary/aromatic N) is 1. The van der Waals surface area contributed by atoms with Gasteiger partial charge >= 0.3 is 4.87 Å². The first-order valence-electron chi connectivity index (χ1n) is 7.42. The van der Waals surface area contributed by atoms with E-state index in [0.717, 1.165) is 22.8 Å². The number of furan rings is 1. The molecule has 0 aliphatic rings. The molecule has 2 rings (SSSR count). The van der Waals surface area contributed by atoms with Gasteiger partial charge in [0.25, 0.3) is 0 Å². The van der Waals surface area contributed by atoms with Crippen LogP contribution in [-0.2, 0) is 16.9 Å². The lowest BCUT2D eigenvalue weighted by Crippen LogP contribution is -2.39. The van der Waals surface area contributed by atoms with Crippen molar-refractivity contribution in [2.24, 2.45) is 0 Å². The van der Waals surface area contributed by atoms with Crippen LogP contribution in [-0.4, -0.2) is 22.1 Å². The zero-order valence-electron chi connectivity index (χ0n) is 13.8. The molecule has 1 unspecified atom stereocenters. The number of aryl methyl sites for hydroxylation is 3. The van der Waals surface area contributed by atoms with Crippen molar-refractivity contribution < 1.29 is 14.3 Å². The van der Waals surface area contributed by atoms with Crippen LogP contribution in [0.2, 0.25) is 0 Å². The Bertz CT molecular complexity index is 754. The minimum Gasteiger partial charge on any atom is -0.466 e. The third kappa shape index (κ3) is 4.11. The molecule has 0 fully saturated rings. The van der Waals surface area contributed by atoms with E-state index in [4.69, 9.17) is 4.42 Å². The molecule has 2 heterocycles. The second kappa shape index (κ2) is 6.72. The monoisotopic (exact) mass is 338 g/mol. The molecule has 2 N–H and O–H groups in total. The second-order valence-electron chi connectivity index (χ2n) is 5.92. The number of thiazole rings is 1. The average molecular weight is 338 g/mol. The van der Waals surface area contributed by atoms with Crippen LogP contribution in [0.3, 0.4) is 0 Å². The lowest BCUT2D eigenvalue weighted by atomic mass is 9.96. The molecule has 0 aliphatic carbocycles. The van der Waals surface area contributed by atoms with Gasteiger partial charge in [-0.1, -0.05) is 11.3 Å². The van der Waals surface area contributed by atoms with E-state index < -0.39 is 5.60 Å². The molecule has 1 atom stereocenters. The molecule has 0 aromatic carbocycles. The van der Waals surface area contributed by atoms with Gasteiger partial charge in [0.05, 0.1) is 6.54 Å². The number of hydrogen-bond donors (Lipinski definition) is 2. The predicted molar refractivity (Wildman–Crippen MR) is 88.7 cm³/mol. The van der Waals surface area contributed by atoms with E-state index in [1.165, 1.54) is 0 Å². The number of carbonyl (C=O) groups is 1. The number of hydrogen-bond acceptors (Lipinski definition) is 5. The van der Waals surface area contributed by atoms with Crippen molar-refractivity contribution in [1.29, 1.82) is 0 Å². The molecule has 2 aromatic rings. The minimum absolute atomic E-state index is 0.0632. The number of aliphatic hydroxyl groups is 1. The predicted octanol–water partition coefficient (Wildman–Crippen LogP) is 1.84. The van der Waals surface area contributed by atoms with E-state index in [-0.39, 0.29) is 23.7 Å². The van der Waals surface area contributed by atoms with Gasteiger partial charge in [-0.3, -0.25) is 9.59 Å². The Morgan fingerprint density at radius 3 is 2.65 bits per heavy atom. The summed E-state index contributed by atoms with van der Waals surface area (Å²) in [4.78, 5) is 23.5. The van der Waals surface area contributed by atoms with Gasteiger partial charge in [-0.25, -0.2) is 0 Å². The second-order valence-corrected chi connectivity index (χ2v) is 6.74. The molecular weight excluding hydrogens is 316 g/mol. The van der Waals surface area contributed by atoms with Crippen molar-refractivity contribution >= 4 is 17.2 Å². The molecule has 7 heteroatoms. The highest BCUT2D eigenvalue weighted by molar-refractivity contribution is 7.07. The van der Waals surface area contributed by atoms with Gasteiger partial charge in [0.1, 0.15) is 17.1 Å². The van der Waals surface area contributed by atoms with Crippen LogP contribution in [0.1, 0.15) is 36.1 Å². The zero-order chi connectivity index (χ0) is 17.2. The first-order valence-corrected chi connectivity index (χ1v) is 8.30. The first kappa shape index (κ1) is 17.5. The number of carbonyl (C=O) groups excluding carboxylic acids is 1. The Morgan fingerprint density at radius 1 is 1.43 bits per heavy atom. The average Bonchev–Trinajstić information content (AvgIpc) is 2.97. The van der Waals surface area contributed by atoms with Gasteiger partial charge in [0, 0.05) is 29.6 Å². The van der Waals surface area contributed by atoms with Crippen molar-refractivity contribution in [3.05, 3.63) is 43.9 Å². The summed E-state index contributed by atoms with van der Waals surface area (Å²) in [5.74, 6) is 1.15. The van der Waals surface area contributed by atoms with E-state index in [1.807, 2.05) is 13.8 Å². The standard InChI is InChI=1S/C16H22N2O4S/c1-10-8-23-15(20)18(10)6-5-14(19)17-9-16(4,21)13-7-11(2)22-12(13)3/h7-8,21H,5-6,9H2,1-4H3,(H,17,19). The normalized spacial score (nSPS) is 13.8. The summed E-state index contributed by atoms with van der Waals surface area (Å²) in [5, 5.41) is 15.0. The van der Waals surface area contributed by atoms with Crippen molar-refractivity contribution in [3.63, 3.8) is 0 Å². The number of amides is 1.